The third-order valence-electron chi connectivity index (χ3n) is 4.05. The third kappa shape index (κ3) is 6.70. The minimum Gasteiger partial charge on any atom is -0.388 e. The van der Waals surface area contributed by atoms with E-state index >= 15 is 0 Å². The SMILES string of the molecule is O[C@@H](CC=C(Sc1ccccc1)Sc1ccccc1)c1ccc(C(F)(F)F)cc1. The first-order valence-electron chi connectivity index (χ1n) is 8.93. The van der Waals surface area contributed by atoms with Gasteiger partial charge in [-0.2, -0.15) is 13.2 Å². The summed E-state index contributed by atoms with van der Waals surface area (Å²) in [5, 5.41) is 10.5. The highest BCUT2D eigenvalue weighted by atomic mass is 32.2. The molecule has 29 heavy (non-hydrogen) atoms. The molecule has 0 fully saturated rings. The maximum absolute atomic E-state index is 12.7. The summed E-state index contributed by atoms with van der Waals surface area (Å²) < 4.78 is 39.1. The van der Waals surface area contributed by atoms with Crippen LogP contribution in [-0.4, -0.2) is 5.11 Å². The molecular formula is C23H19F3OS2. The van der Waals surface area contributed by atoms with Crippen LogP contribution in [0.25, 0.3) is 0 Å². The summed E-state index contributed by atoms with van der Waals surface area (Å²) in [6, 6.07) is 24.5. The molecule has 0 unspecified atom stereocenters. The van der Waals surface area contributed by atoms with Crippen molar-refractivity contribution in [2.45, 2.75) is 28.5 Å². The molecule has 0 aliphatic rings. The molecule has 0 aromatic heterocycles. The summed E-state index contributed by atoms with van der Waals surface area (Å²) in [5.41, 5.74) is -0.257. The molecule has 0 amide bonds. The zero-order chi connectivity index (χ0) is 20.7. The van der Waals surface area contributed by atoms with Crippen molar-refractivity contribution < 1.29 is 18.3 Å². The highest BCUT2D eigenvalue weighted by Crippen LogP contribution is 2.40. The number of benzene rings is 3. The van der Waals surface area contributed by atoms with Gasteiger partial charge in [0.15, 0.2) is 0 Å². The Labute approximate surface area is 176 Å². The zero-order valence-electron chi connectivity index (χ0n) is 15.3. The van der Waals surface area contributed by atoms with Crippen molar-refractivity contribution in [2.75, 3.05) is 0 Å². The number of hydrogen-bond acceptors (Lipinski definition) is 3. The van der Waals surface area contributed by atoms with Crippen LogP contribution in [0.1, 0.15) is 23.7 Å². The fraction of sp³-hybridized carbons (Fsp3) is 0.130. The van der Waals surface area contributed by atoms with Gasteiger partial charge in [0.05, 0.1) is 11.7 Å². The normalized spacial score (nSPS) is 12.4. The molecule has 3 aromatic carbocycles. The fourth-order valence-electron chi connectivity index (χ4n) is 2.55. The molecule has 0 bridgehead atoms. The van der Waals surface area contributed by atoms with Gasteiger partial charge in [-0.1, -0.05) is 78.1 Å². The summed E-state index contributed by atoms with van der Waals surface area (Å²) in [7, 11) is 0. The minimum atomic E-state index is -4.38. The Morgan fingerprint density at radius 3 is 1.72 bits per heavy atom. The molecule has 3 aromatic rings. The molecule has 150 valence electrons. The van der Waals surface area contributed by atoms with Crippen molar-refractivity contribution in [1.29, 1.82) is 0 Å². The van der Waals surface area contributed by atoms with Gasteiger partial charge in [0.25, 0.3) is 0 Å². The Kier molecular flexibility index (Phi) is 7.47. The number of thioether (sulfide) groups is 2. The lowest BCUT2D eigenvalue weighted by Crippen LogP contribution is -2.05. The van der Waals surface area contributed by atoms with Crippen LogP contribution in [0.15, 0.2) is 105 Å². The van der Waals surface area contributed by atoms with Crippen LogP contribution in [0.5, 0.6) is 0 Å². The first kappa shape index (κ1) is 21.6. The molecular weight excluding hydrogens is 413 g/mol. The molecule has 3 rings (SSSR count). The van der Waals surface area contributed by atoms with Crippen LogP contribution in [0, 0.1) is 0 Å². The summed E-state index contributed by atoms with van der Waals surface area (Å²) >= 11 is 3.18. The van der Waals surface area contributed by atoms with Crippen LogP contribution in [0.4, 0.5) is 13.2 Å². The monoisotopic (exact) mass is 432 g/mol. The summed E-state index contributed by atoms with van der Waals surface area (Å²) in [6.07, 6.45) is -3.02. The predicted molar refractivity (Wildman–Crippen MR) is 114 cm³/mol. The average Bonchev–Trinajstić information content (AvgIpc) is 2.73. The van der Waals surface area contributed by atoms with Crippen molar-refractivity contribution in [3.8, 4) is 0 Å². The highest BCUT2D eigenvalue weighted by Gasteiger charge is 2.30. The zero-order valence-corrected chi connectivity index (χ0v) is 17.0. The van der Waals surface area contributed by atoms with Gasteiger partial charge >= 0.3 is 6.18 Å². The molecule has 1 nitrogen and oxygen atoms in total. The highest BCUT2D eigenvalue weighted by molar-refractivity contribution is 8.22. The van der Waals surface area contributed by atoms with Crippen LogP contribution in [0.3, 0.4) is 0 Å². The van der Waals surface area contributed by atoms with Crippen LogP contribution < -0.4 is 0 Å². The molecule has 6 heteroatoms. The maximum atomic E-state index is 12.7. The Morgan fingerprint density at radius 2 is 1.28 bits per heavy atom. The van der Waals surface area contributed by atoms with Crippen LogP contribution >= 0.6 is 23.5 Å². The van der Waals surface area contributed by atoms with Gasteiger partial charge < -0.3 is 5.11 Å². The van der Waals surface area contributed by atoms with E-state index in [4.69, 9.17) is 0 Å². The second kappa shape index (κ2) is 10.1. The molecule has 1 atom stereocenters. The number of rotatable bonds is 7. The van der Waals surface area contributed by atoms with Gasteiger partial charge in [0.1, 0.15) is 0 Å². The first-order valence-corrected chi connectivity index (χ1v) is 10.6. The van der Waals surface area contributed by atoms with E-state index in [9.17, 15) is 18.3 Å². The van der Waals surface area contributed by atoms with E-state index in [0.717, 1.165) is 26.2 Å². The minimum absolute atomic E-state index is 0.306. The topological polar surface area (TPSA) is 20.2 Å². The second-order valence-electron chi connectivity index (χ2n) is 6.22. The number of halogens is 3. The Balaban J connectivity index is 1.74. The summed E-state index contributed by atoms with van der Waals surface area (Å²) in [4.78, 5) is 2.15. The van der Waals surface area contributed by atoms with E-state index < -0.39 is 17.8 Å². The van der Waals surface area contributed by atoms with E-state index in [1.54, 1.807) is 23.5 Å². The molecule has 0 spiro atoms. The standard InChI is InChI=1S/C23H19F3OS2/c24-23(25,26)18-13-11-17(12-14-18)21(27)15-16-22(28-19-7-3-1-4-8-19)29-20-9-5-2-6-10-20/h1-14,16,21,27H,15H2/t21-/m0/s1. The second-order valence-corrected chi connectivity index (χ2v) is 8.71. The lowest BCUT2D eigenvalue weighted by atomic mass is 10.0. The molecule has 1 N–H and O–H groups in total. The van der Waals surface area contributed by atoms with Crippen molar-refractivity contribution in [2.24, 2.45) is 0 Å². The average molecular weight is 433 g/mol. The van der Waals surface area contributed by atoms with Gasteiger partial charge in [-0.3, -0.25) is 0 Å². The van der Waals surface area contributed by atoms with Crippen LogP contribution in [-0.2, 0) is 6.18 Å². The van der Waals surface area contributed by atoms with Crippen molar-refractivity contribution in [1.82, 2.24) is 0 Å². The van der Waals surface area contributed by atoms with Crippen molar-refractivity contribution >= 4 is 23.5 Å². The molecule has 0 saturated heterocycles. The van der Waals surface area contributed by atoms with Crippen molar-refractivity contribution in [3.05, 3.63) is 106 Å². The largest absolute Gasteiger partial charge is 0.416 e. The number of aliphatic hydroxyl groups excluding tert-OH is 1. The van der Waals surface area contributed by atoms with Gasteiger partial charge in [0, 0.05) is 14.0 Å². The van der Waals surface area contributed by atoms with E-state index in [2.05, 4.69) is 0 Å². The number of hydrogen-bond donors (Lipinski definition) is 1. The predicted octanol–water partition coefficient (Wildman–Crippen LogP) is 7.55. The van der Waals surface area contributed by atoms with Gasteiger partial charge in [0.2, 0.25) is 0 Å². The Hall–Kier alpha value is -2.15. The summed E-state index contributed by atoms with van der Waals surface area (Å²) in [5.74, 6) is 0. The smallest absolute Gasteiger partial charge is 0.388 e. The first-order chi connectivity index (χ1) is 13.9. The van der Waals surface area contributed by atoms with E-state index in [1.165, 1.54) is 12.1 Å². The molecule has 0 radical (unpaired) electrons. The molecule has 0 saturated carbocycles. The van der Waals surface area contributed by atoms with Crippen molar-refractivity contribution in [3.63, 3.8) is 0 Å². The molecule has 0 aliphatic heterocycles. The number of alkyl halides is 3. The molecule has 0 heterocycles. The quantitative estimate of drug-likeness (QED) is 0.389. The third-order valence-corrected chi connectivity index (χ3v) is 6.31. The summed E-state index contributed by atoms with van der Waals surface area (Å²) in [6.45, 7) is 0. The molecule has 0 aliphatic carbocycles. The maximum Gasteiger partial charge on any atom is 0.416 e. The number of aliphatic hydroxyl groups is 1. The Morgan fingerprint density at radius 1 is 0.793 bits per heavy atom. The van der Waals surface area contributed by atoms with E-state index in [1.807, 2.05) is 66.7 Å². The fourth-order valence-corrected chi connectivity index (χ4v) is 4.71. The van der Waals surface area contributed by atoms with E-state index in [-0.39, 0.29) is 0 Å². The van der Waals surface area contributed by atoms with Crippen LogP contribution in [0.2, 0.25) is 0 Å². The van der Waals surface area contributed by atoms with Gasteiger partial charge in [-0.25, -0.2) is 0 Å². The van der Waals surface area contributed by atoms with Gasteiger partial charge in [-0.15, -0.1) is 0 Å². The lowest BCUT2D eigenvalue weighted by molar-refractivity contribution is -0.137. The Bertz CT molecular complexity index is 880. The van der Waals surface area contributed by atoms with Gasteiger partial charge in [-0.05, 0) is 48.4 Å². The lowest BCUT2D eigenvalue weighted by Gasteiger charge is -2.13. The van der Waals surface area contributed by atoms with E-state index in [0.29, 0.717) is 12.0 Å².